The standard InChI is InChI=1S/C19H22N6OS/c26-18(23-6-1-2-7-23)17-12-16-14-22(9-10-25(16)21-17)13-15-4-3-8-24(15)19-20-5-11-27-19/h3-5,8,11-12H,1-2,6-7,9-10,13-14H2. The molecule has 1 saturated heterocycles. The summed E-state index contributed by atoms with van der Waals surface area (Å²) in [5.41, 5.74) is 2.95. The Morgan fingerprint density at radius 1 is 1.19 bits per heavy atom. The second-order valence-electron chi connectivity index (χ2n) is 7.14. The molecule has 0 bridgehead atoms. The summed E-state index contributed by atoms with van der Waals surface area (Å²) in [4.78, 5) is 21.3. The first-order valence-electron chi connectivity index (χ1n) is 9.42. The summed E-state index contributed by atoms with van der Waals surface area (Å²) in [6.07, 6.45) is 6.11. The zero-order valence-corrected chi connectivity index (χ0v) is 15.9. The van der Waals surface area contributed by atoms with Crippen LogP contribution in [0.4, 0.5) is 0 Å². The molecule has 5 rings (SSSR count). The van der Waals surface area contributed by atoms with Gasteiger partial charge in [0.05, 0.1) is 12.2 Å². The molecule has 3 aromatic heterocycles. The van der Waals surface area contributed by atoms with Gasteiger partial charge in [0.15, 0.2) is 10.8 Å². The maximum atomic E-state index is 12.6. The molecule has 1 amide bonds. The Hall–Kier alpha value is -2.45. The van der Waals surface area contributed by atoms with E-state index in [0.29, 0.717) is 5.69 Å². The summed E-state index contributed by atoms with van der Waals surface area (Å²) in [7, 11) is 0. The lowest BCUT2D eigenvalue weighted by Crippen LogP contribution is -2.34. The van der Waals surface area contributed by atoms with Crippen LogP contribution in [0.5, 0.6) is 0 Å². The number of carbonyl (C=O) groups excluding carboxylic acids is 1. The van der Waals surface area contributed by atoms with Crippen molar-refractivity contribution >= 4 is 17.2 Å². The number of nitrogens with zero attached hydrogens (tertiary/aromatic N) is 6. The van der Waals surface area contributed by atoms with E-state index >= 15 is 0 Å². The molecule has 5 heterocycles. The summed E-state index contributed by atoms with van der Waals surface area (Å²) in [5, 5.41) is 7.56. The predicted octanol–water partition coefficient (Wildman–Crippen LogP) is 2.38. The first-order valence-corrected chi connectivity index (χ1v) is 10.3. The van der Waals surface area contributed by atoms with Gasteiger partial charge in [0.1, 0.15) is 0 Å². The molecule has 0 spiro atoms. The van der Waals surface area contributed by atoms with E-state index in [1.54, 1.807) is 11.3 Å². The molecule has 0 saturated carbocycles. The third-order valence-corrected chi connectivity index (χ3v) is 6.10. The van der Waals surface area contributed by atoms with Gasteiger partial charge in [-0.05, 0) is 31.0 Å². The van der Waals surface area contributed by atoms with Crippen LogP contribution in [0.2, 0.25) is 0 Å². The van der Waals surface area contributed by atoms with Crippen LogP contribution in [0, 0.1) is 0 Å². The van der Waals surface area contributed by atoms with Crippen LogP contribution in [0.15, 0.2) is 36.0 Å². The predicted molar refractivity (Wildman–Crippen MR) is 103 cm³/mol. The fraction of sp³-hybridized carbons (Fsp3) is 0.421. The number of hydrogen-bond donors (Lipinski definition) is 0. The third kappa shape index (κ3) is 3.19. The maximum Gasteiger partial charge on any atom is 0.274 e. The highest BCUT2D eigenvalue weighted by Gasteiger charge is 2.25. The van der Waals surface area contributed by atoms with E-state index in [0.717, 1.165) is 62.9 Å². The SMILES string of the molecule is O=C(c1cc2n(n1)CCN(Cc1cccn1-c1nccs1)C2)N1CCCC1. The van der Waals surface area contributed by atoms with Crippen molar-refractivity contribution in [1.82, 2.24) is 29.1 Å². The van der Waals surface area contributed by atoms with Crippen LogP contribution in [0.25, 0.3) is 5.13 Å². The van der Waals surface area contributed by atoms with Gasteiger partial charge in [0, 0.05) is 56.2 Å². The average Bonchev–Trinajstić information content (AvgIpc) is 3.47. The van der Waals surface area contributed by atoms with Gasteiger partial charge in [-0.1, -0.05) is 0 Å². The van der Waals surface area contributed by atoms with Crippen molar-refractivity contribution in [2.45, 2.75) is 32.5 Å². The van der Waals surface area contributed by atoms with Gasteiger partial charge >= 0.3 is 0 Å². The summed E-state index contributed by atoms with van der Waals surface area (Å²) >= 11 is 1.64. The quantitative estimate of drug-likeness (QED) is 0.695. The smallest absolute Gasteiger partial charge is 0.274 e. The molecular weight excluding hydrogens is 360 g/mol. The molecule has 8 heteroatoms. The number of carbonyl (C=O) groups is 1. The highest BCUT2D eigenvalue weighted by atomic mass is 32.1. The molecule has 3 aromatic rings. The second-order valence-corrected chi connectivity index (χ2v) is 8.01. The largest absolute Gasteiger partial charge is 0.337 e. The first kappa shape index (κ1) is 16.7. The molecular formula is C19H22N6OS. The topological polar surface area (TPSA) is 59.2 Å². The number of amides is 1. The van der Waals surface area contributed by atoms with Crippen LogP contribution < -0.4 is 0 Å². The molecule has 0 atom stereocenters. The highest BCUT2D eigenvalue weighted by molar-refractivity contribution is 7.12. The lowest BCUT2D eigenvalue weighted by molar-refractivity contribution is 0.0786. The van der Waals surface area contributed by atoms with E-state index < -0.39 is 0 Å². The van der Waals surface area contributed by atoms with Crippen LogP contribution in [0.1, 0.15) is 34.7 Å². The molecule has 2 aliphatic rings. The number of rotatable bonds is 4. The highest BCUT2D eigenvalue weighted by Crippen LogP contribution is 2.21. The van der Waals surface area contributed by atoms with Gasteiger partial charge in [0.25, 0.3) is 5.91 Å². The summed E-state index contributed by atoms with van der Waals surface area (Å²) in [5.74, 6) is 0.0820. The summed E-state index contributed by atoms with van der Waals surface area (Å²) in [6, 6.07) is 6.19. The Bertz CT molecular complexity index is 937. The van der Waals surface area contributed by atoms with Crippen LogP contribution in [-0.2, 0) is 19.6 Å². The lowest BCUT2D eigenvalue weighted by atomic mass is 10.2. The summed E-state index contributed by atoms with van der Waals surface area (Å²) in [6.45, 7) is 5.13. The maximum absolute atomic E-state index is 12.6. The summed E-state index contributed by atoms with van der Waals surface area (Å²) < 4.78 is 4.15. The Labute approximate surface area is 161 Å². The van der Waals surface area contributed by atoms with Crippen molar-refractivity contribution in [3.8, 4) is 5.13 Å². The number of thiazole rings is 1. The van der Waals surface area contributed by atoms with Gasteiger partial charge in [-0.2, -0.15) is 5.10 Å². The van der Waals surface area contributed by atoms with Crippen LogP contribution in [0.3, 0.4) is 0 Å². The van der Waals surface area contributed by atoms with Crippen molar-refractivity contribution < 1.29 is 4.79 Å². The minimum Gasteiger partial charge on any atom is -0.337 e. The minimum atomic E-state index is 0.0820. The van der Waals surface area contributed by atoms with Crippen molar-refractivity contribution in [3.05, 3.63) is 53.1 Å². The molecule has 0 unspecified atom stereocenters. The van der Waals surface area contributed by atoms with Crippen molar-refractivity contribution in [2.75, 3.05) is 19.6 Å². The van der Waals surface area contributed by atoms with Gasteiger partial charge in [0.2, 0.25) is 0 Å². The molecule has 27 heavy (non-hydrogen) atoms. The fourth-order valence-electron chi connectivity index (χ4n) is 3.94. The second kappa shape index (κ2) is 6.94. The van der Waals surface area contributed by atoms with Gasteiger partial charge in [-0.3, -0.25) is 18.9 Å². The first-order chi connectivity index (χ1) is 13.3. The molecule has 0 radical (unpaired) electrons. The molecule has 0 aromatic carbocycles. The van der Waals surface area contributed by atoms with Gasteiger partial charge in [-0.25, -0.2) is 4.98 Å². The Kier molecular flexibility index (Phi) is 4.29. The van der Waals surface area contributed by atoms with E-state index in [1.807, 2.05) is 27.2 Å². The van der Waals surface area contributed by atoms with Gasteiger partial charge < -0.3 is 4.90 Å². The molecule has 2 aliphatic heterocycles. The Morgan fingerprint density at radius 2 is 2.07 bits per heavy atom. The number of likely N-dealkylation sites (tertiary alicyclic amines) is 1. The third-order valence-electron chi connectivity index (χ3n) is 5.33. The van der Waals surface area contributed by atoms with Crippen molar-refractivity contribution in [1.29, 1.82) is 0 Å². The lowest BCUT2D eigenvalue weighted by Gasteiger charge is -2.27. The van der Waals surface area contributed by atoms with Gasteiger partial charge in [-0.15, -0.1) is 11.3 Å². The molecule has 7 nitrogen and oxygen atoms in total. The molecule has 140 valence electrons. The van der Waals surface area contributed by atoms with E-state index in [9.17, 15) is 4.79 Å². The minimum absolute atomic E-state index is 0.0820. The van der Waals surface area contributed by atoms with E-state index in [2.05, 4.69) is 37.9 Å². The van der Waals surface area contributed by atoms with Crippen LogP contribution >= 0.6 is 11.3 Å². The van der Waals surface area contributed by atoms with Crippen LogP contribution in [-0.4, -0.2) is 54.7 Å². The van der Waals surface area contributed by atoms with E-state index in [-0.39, 0.29) is 5.91 Å². The van der Waals surface area contributed by atoms with Crippen molar-refractivity contribution in [3.63, 3.8) is 0 Å². The van der Waals surface area contributed by atoms with Crippen molar-refractivity contribution in [2.24, 2.45) is 0 Å². The number of fused-ring (bicyclic) bond motifs is 1. The average molecular weight is 382 g/mol. The molecule has 0 aliphatic carbocycles. The Balaban J connectivity index is 1.31. The van der Waals surface area contributed by atoms with E-state index in [4.69, 9.17) is 0 Å². The monoisotopic (exact) mass is 382 g/mol. The normalized spacial score (nSPS) is 17.4. The number of hydrogen-bond acceptors (Lipinski definition) is 5. The zero-order chi connectivity index (χ0) is 18.2. The molecule has 1 fully saturated rings. The zero-order valence-electron chi connectivity index (χ0n) is 15.1. The van der Waals surface area contributed by atoms with E-state index in [1.165, 1.54) is 5.69 Å². The fourth-order valence-corrected chi connectivity index (χ4v) is 4.59. The molecule has 0 N–H and O–H groups in total. The Morgan fingerprint density at radius 3 is 2.89 bits per heavy atom. The number of aromatic nitrogens is 4.